The van der Waals surface area contributed by atoms with Gasteiger partial charge in [-0.2, -0.15) is 0 Å². The van der Waals surface area contributed by atoms with E-state index in [4.69, 9.17) is 5.73 Å². The number of benzene rings is 2. The molecule has 2 amide bonds. The number of amides is 2. The Kier molecular flexibility index (Phi) is 5.68. The van der Waals surface area contributed by atoms with Gasteiger partial charge in [0.25, 0.3) is 0 Å². The molecule has 0 spiro atoms. The molecular formula is C21H25N3O2. The Morgan fingerprint density at radius 1 is 1.15 bits per heavy atom. The number of carbonyl (C=O) groups excluding carboxylic acids is 2. The van der Waals surface area contributed by atoms with Gasteiger partial charge in [-0.25, -0.2) is 0 Å². The van der Waals surface area contributed by atoms with Gasteiger partial charge in [0.1, 0.15) is 6.04 Å². The topological polar surface area (TPSA) is 75.4 Å². The van der Waals surface area contributed by atoms with Crippen LogP contribution in [0.25, 0.3) is 0 Å². The van der Waals surface area contributed by atoms with Crippen molar-refractivity contribution in [2.75, 3.05) is 6.54 Å². The van der Waals surface area contributed by atoms with E-state index < -0.39 is 6.04 Å². The van der Waals surface area contributed by atoms with Crippen molar-refractivity contribution in [3.05, 3.63) is 70.8 Å². The second kappa shape index (κ2) is 8.15. The van der Waals surface area contributed by atoms with E-state index in [2.05, 4.69) is 5.32 Å². The molecule has 0 saturated carbocycles. The number of hydrogen-bond donors (Lipinski definition) is 2. The van der Waals surface area contributed by atoms with Crippen molar-refractivity contribution >= 4 is 11.8 Å². The molecule has 5 heteroatoms. The van der Waals surface area contributed by atoms with Gasteiger partial charge in [0.05, 0.1) is 0 Å². The highest BCUT2D eigenvalue weighted by molar-refractivity contribution is 5.83. The molecule has 3 rings (SSSR count). The maximum absolute atomic E-state index is 12.4. The first kappa shape index (κ1) is 18.1. The van der Waals surface area contributed by atoms with Crippen LogP contribution in [0.5, 0.6) is 0 Å². The van der Waals surface area contributed by atoms with Gasteiger partial charge in [0.15, 0.2) is 0 Å². The van der Waals surface area contributed by atoms with Crippen LogP contribution in [0.1, 0.15) is 41.1 Å². The maximum Gasteiger partial charge on any atom is 0.241 e. The van der Waals surface area contributed by atoms with E-state index in [1.165, 1.54) is 0 Å². The number of aryl methyl sites for hydroxylation is 1. The Morgan fingerprint density at radius 2 is 1.85 bits per heavy atom. The molecule has 136 valence electrons. The third-order valence-corrected chi connectivity index (χ3v) is 4.82. The maximum atomic E-state index is 12.4. The van der Waals surface area contributed by atoms with Crippen molar-refractivity contribution in [1.82, 2.24) is 10.2 Å². The van der Waals surface area contributed by atoms with Crippen LogP contribution in [-0.4, -0.2) is 23.3 Å². The standard InChI is InChI=1S/C21H25N3O2/c1-15-8-10-16(11-9-15)20(22)21(26)23-13-17-5-2-3-6-18(17)14-24-12-4-7-19(24)25/h2-3,5-6,8-11,20H,4,7,12-14,22H2,1H3,(H,23,26). The summed E-state index contributed by atoms with van der Waals surface area (Å²) in [5, 5.41) is 2.92. The summed E-state index contributed by atoms with van der Waals surface area (Å²) in [6, 6.07) is 14.9. The molecule has 3 N–H and O–H groups in total. The van der Waals surface area contributed by atoms with E-state index in [1.54, 1.807) is 0 Å². The SMILES string of the molecule is Cc1ccc(C(N)C(=O)NCc2ccccc2CN2CCCC2=O)cc1. The van der Waals surface area contributed by atoms with E-state index in [1.807, 2.05) is 60.4 Å². The monoisotopic (exact) mass is 351 g/mol. The highest BCUT2D eigenvalue weighted by Crippen LogP contribution is 2.18. The van der Waals surface area contributed by atoms with Crippen LogP contribution < -0.4 is 11.1 Å². The number of carbonyl (C=O) groups is 2. The molecule has 0 aliphatic carbocycles. The zero-order valence-corrected chi connectivity index (χ0v) is 15.1. The first-order valence-corrected chi connectivity index (χ1v) is 8.99. The number of nitrogens with two attached hydrogens (primary N) is 1. The number of likely N-dealkylation sites (tertiary alicyclic amines) is 1. The summed E-state index contributed by atoms with van der Waals surface area (Å²) in [4.78, 5) is 26.1. The molecule has 1 aliphatic heterocycles. The van der Waals surface area contributed by atoms with Crippen molar-refractivity contribution in [2.45, 2.75) is 38.9 Å². The fraction of sp³-hybridized carbons (Fsp3) is 0.333. The lowest BCUT2D eigenvalue weighted by atomic mass is 10.0. The second-order valence-electron chi connectivity index (χ2n) is 6.79. The van der Waals surface area contributed by atoms with Crippen molar-refractivity contribution < 1.29 is 9.59 Å². The smallest absolute Gasteiger partial charge is 0.241 e. The molecule has 1 atom stereocenters. The largest absolute Gasteiger partial charge is 0.350 e. The summed E-state index contributed by atoms with van der Waals surface area (Å²) < 4.78 is 0. The minimum Gasteiger partial charge on any atom is -0.350 e. The van der Waals surface area contributed by atoms with Crippen LogP contribution in [0.4, 0.5) is 0 Å². The highest BCUT2D eigenvalue weighted by Gasteiger charge is 2.21. The molecule has 1 unspecified atom stereocenters. The number of nitrogens with one attached hydrogen (secondary N) is 1. The van der Waals surface area contributed by atoms with Crippen molar-refractivity contribution in [1.29, 1.82) is 0 Å². The van der Waals surface area contributed by atoms with Crippen LogP contribution in [0.15, 0.2) is 48.5 Å². The Hall–Kier alpha value is -2.66. The van der Waals surface area contributed by atoms with Gasteiger partial charge in [-0.15, -0.1) is 0 Å². The number of hydrogen-bond acceptors (Lipinski definition) is 3. The Bertz CT molecular complexity index is 786. The first-order valence-electron chi connectivity index (χ1n) is 8.99. The number of rotatable bonds is 6. The van der Waals surface area contributed by atoms with Crippen LogP contribution in [0.3, 0.4) is 0 Å². The summed E-state index contributed by atoms with van der Waals surface area (Å²) in [7, 11) is 0. The molecule has 26 heavy (non-hydrogen) atoms. The van der Waals surface area contributed by atoms with Gasteiger partial charge in [-0.3, -0.25) is 9.59 Å². The van der Waals surface area contributed by atoms with E-state index in [9.17, 15) is 9.59 Å². The molecule has 1 heterocycles. The molecule has 1 fully saturated rings. The lowest BCUT2D eigenvalue weighted by Crippen LogP contribution is -2.34. The molecule has 0 bridgehead atoms. The quantitative estimate of drug-likeness (QED) is 0.839. The van der Waals surface area contributed by atoms with E-state index in [0.29, 0.717) is 19.5 Å². The summed E-state index contributed by atoms with van der Waals surface area (Å²) in [5.41, 5.74) is 10.1. The van der Waals surface area contributed by atoms with Crippen LogP contribution in [0.2, 0.25) is 0 Å². The fourth-order valence-corrected chi connectivity index (χ4v) is 3.18. The van der Waals surface area contributed by atoms with Crippen molar-refractivity contribution in [3.63, 3.8) is 0 Å². The van der Waals surface area contributed by atoms with Gasteiger partial charge in [0.2, 0.25) is 11.8 Å². The molecule has 2 aromatic rings. The molecular weight excluding hydrogens is 326 g/mol. The Morgan fingerprint density at radius 3 is 2.50 bits per heavy atom. The summed E-state index contributed by atoms with van der Waals surface area (Å²) in [5.74, 6) is -0.00821. The fourth-order valence-electron chi connectivity index (χ4n) is 3.18. The third-order valence-electron chi connectivity index (χ3n) is 4.82. The molecule has 5 nitrogen and oxygen atoms in total. The lowest BCUT2D eigenvalue weighted by molar-refractivity contribution is -0.128. The van der Waals surface area contributed by atoms with Gasteiger partial charge in [-0.1, -0.05) is 54.1 Å². The average Bonchev–Trinajstić information content (AvgIpc) is 3.05. The molecule has 2 aromatic carbocycles. The second-order valence-corrected chi connectivity index (χ2v) is 6.79. The summed E-state index contributed by atoms with van der Waals surface area (Å²) >= 11 is 0. The zero-order valence-electron chi connectivity index (χ0n) is 15.1. The molecule has 1 aliphatic rings. The predicted molar refractivity (Wildman–Crippen MR) is 101 cm³/mol. The summed E-state index contributed by atoms with van der Waals surface area (Å²) in [6.45, 7) is 3.79. The zero-order chi connectivity index (χ0) is 18.5. The van der Waals surface area contributed by atoms with Crippen molar-refractivity contribution in [3.8, 4) is 0 Å². The molecule has 0 radical (unpaired) electrons. The van der Waals surface area contributed by atoms with Gasteiger partial charge < -0.3 is 16.0 Å². The van der Waals surface area contributed by atoms with Gasteiger partial charge >= 0.3 is 0 Å². The van der Waals surface area contributed by atoms with E-state index in [-0.39, 0.29) is 11.8 Å². The first-order chi connectivity index (χ1) is 12.5. The van der Waals surface area contributed by atoms with Gasteiger partial charge in [0, 0.05) is 26.1 Å². The lowest BCUT2D eigenvalue weighted by Gasteiger charge is -2.19. The van der Waals surface area contributed by atoms with Crippen LogP contribution in [-0.2, 0) is 22.7 Å². The Balaban J connectivity index is 1.63. The van der Waals surface area contributed by atoms with E-state index >= 15 is 0 Å². The Labute approximate surface area is 154 Å². The normalized spacial score (nSPS) is 15.2. The molecule has 0 aromatic heterocycles. The van der Waals surface area contributed by atoms with Gasteiger partial charge in [-0.05, 0) is 30.0 Å². The predicted octanol–water partition coefficient (Wildman–Crippen LogP) is 2.43. The third kappa shape index (κ3) is 4.29. The average molecular weight is 351 g/mol. The molecule has 1 saturated heterocycles. The summed E-state index contributed by atoms with van der Waals surface area (Å²) in [6.07, 6.45) is 1.55. The van der Waals surface area contributed by atoms with Crippen LogP contribution in [0, 0.1) is 6.92 Å². The number of nitrogens with zero attached hydrogens (tertiary/aromatic N) is 1. The van der Waals surface area contributed by atoms with E-state index in [0.717, 1.165) is 35.2 Å². The highest BCUT2D eigenvalue weighted by atomic mass is 16.2. The minimum absolute atomic E-state index is 0.199. The van der Waals surface area contributed by atoms with Crippen molar-refractivity contribution in [2.24, 2.45) is 5.73 Å². The van der Waals surface area contributed by atoms with Crippen LogP contribution >= 0.6 is 0 Å². The minimum atomic E-state index is -0.692.